The molecule has 0 radical (unpaired) electrons. The summed E-state index contributed by atoms with van der Waals surface area (Å²) in [5, 5.41) is 3.59. The van der Waals surface area contributed by atoms with Gasteiger partial charge in [-0.1, -0.05) is 25.1 Å². The van der Waals surface area contributed by atoms with Crippen molar-refractivity contribution in [3.05, 3.63) is 29.8 Å². The van der Waals surface area contributed by atoms with Gasteiger partial charge in [0.1, 0.15) is 5.75 Å². The lowest BCUT2D eigenvalue weighted by Gasteiger charge is -2.13. The standard InChI is InChI=1S/C14H19NO/c1-14(6-7-14)10-15-8-11-9-16-13-5-3-2-4-12(11)13/h2-5,11,15H,6-10H2,1H3. The third kappa shape index (κ3) is 1.94. The van der Waals surface area contributed by atoms with E-state index in [0.717, 1.165) is 25.4 Å². The molecule has 0 amide bonds. The highest BCUT2D eigenvalue weighted by atomic mass is 16.5. The van der Waals surface area contributed by atoms with Gasteiger partial charge < -0.3 is 10.1 Å². The number of ether oxygens (including phenoxy) is 1. The summed E-state index contributed by atoms with van der Waals surface area (Å²) < 4.78 is 5.67. The van der Waals surface area contributed by atoms with E-state index in [0.29, 0.717) is 11.3 Å². The summed E-state index contributed by atoms with van der Waals surface area (Å²) in [5.74, 6) is 1.62. The molecular weight excluding hydrogens is 198 g/mol. The Morgan fingerprint density at radius 2 is 2.19 bits per heavy atom. The molecule has 2 nitrogen and oxygen atoms in total. The molecule has 1 heterocycles. The number of hydrogen-bond donors (Lipinski definition) is 1. The van der Waals surface area contributed by atoms with Gasteiger partial charge in [-0.25, -0.2) is 0 Å². The third-order valence-corrected chi connectivity index (χ3v) is 3.84. The Morgan fingerprint density at radius 1 is 1.38 bits per heavy atom. The Hall–Kier alpha value is -1.02. The maximum atomic E-state index is 5.67. The SMILES string of the molecule is CC1(CNCC2COc3ccccc32)CC1. The molecule has 1 aromatic carbocycles. The molecule has 0 saturated heterocycles. The first kappa shape index (κ1) is 10.2. The highest BCUT2D eigenvalue weighted by Gasteiger charge is 2.36. The van der Waals surface area contributed by atoms with Gasteiger partial charge in [0.25, 0.3) is 0 Å². The summed E-state index contributed by atoms with van der Waals surface area (Å²) in [6.07, 6.45) is 2.77. The highest BCUT2D eigenvalue weighted by Crippen LogP contribution is 2.44. The van der Waals surface area contributed by atoms with Gasteiger partial charge in [0.15, 0.2) is 0 Å². The first-order chi connectivity index (χ1) is 7.77. The molecule has 1 aromatic rings. The van der Waals surface area contributed by atoms with Crippen molar-refractivity contribution < 1.29 is 4.74 Å². The molecule has 1 aliphatic carbocycles. The Bertz CT molecular complexity index is 384. The van der Waals surface area contributed by atoms with Crippen LogP contribution in [0.2, 0.25) is 0 Å². The van der Waals surface area contributed by atoms with Crippen molar-refractivity contribution in [3.8, 4) is 5.75 Å². The van der Waals surface area contributed by atoms with Crippen molar-refractivity contribution in [1.29, 1.82) is 0 Å². The van der Waals surface area contributed by atoms with Crippen molar-refractivity contribution in [1.82, 2.24) is 5.32 Å². The molecule has 1 saturated carbocycles. The Morgan fingerprint density at radius 3 is 3.00 bits per heavy atom. The van der Waals surface area contributed by atoms with Crippen LogP contribution in [0.5, 0.6) is 5.75 Å². The van der Waals surface area contributed by atoms with Crippen molar-refractivity contribution in [2.24, 2.45) is 5.41 Å². The fourth-order valence-corrected chi connectivity index (χ4v) is 2.34. The van der Waals surface area contributed by atoms with Gasteiger partial charge in [-0.15, -0.1) is 0 Å². The van der Waals surface area contributed by atoms with Crippen LogP contribution in [0.25, 0.3) is 0 Å². The molecular formula is C14H19NO. The predicted molar refractivity (Wildman–Crippen MR) is 64.9 cm³/mol. The second-order valence-corrected chi connectivity index (χ2v) is 5.49. The van der Waals surface area contributed by atoms with Gasteiger partial charge >= 0.3 is 0 Å². The molecule has 1 unspecified atom stereocenters. The molecule has 1 atom stereocenters. The zero-order valence-electron chi connectivity index (χ0n) is 9.83. The molecule has 86 valence electrons. The number of hydrogen-bond acceptors (Lipinski definition) is 2. The van der Waals surface area contributed by atoms with Crippen LogP contribution in [-0.2, 0) is 0 Å². The maximum absolute atomic E-state index is 5.67. The van der Waals surface area contributed by atoms with E-state index in [4.69, 9.17) is 4.74 Å². The fourth-order valence-electron chi connectivity index (χ4n) is 2.34. The minimum Gasteiger partial charge on any atom is -0.493 e. The number of fused-ring (bicyclic) bond motifs is 1. The highest BCUT2D eigenvalue weighted by molar-refractivity contribution is 5.39. The Labute approximate surface area is 97.0 Å². The fraction of sp³-hybridized carbons (Fsp3) is 0.571. The predicted octanol–water partition coefficient (Wildman–Crippen LogP) is 2.55. The summed E-state index contributed by atoms with van der Waals surface area (Å²) in [4.78, 5) is 0. The average Bonchev–Trinajstić information content (AvgIpc) is 2.89. The largest absolute Gasteiger partial charge is 0.493 e. The molecule has 0 bridgehead atoms. The molecule has 1 N–H and O–H groups in total. The third-order valence-electron chi connectivity index (χ3n) is 3.84. The first-order valence-electron chi connectivity index (χ1n) is 6.19. The van der Waals surface area contributed by atoms with Gasteiger partial charge in [0.2, 0.25) is 0 Å². The lowest BCUT2D eigenvalue weighted by Crippen LogP contribution is -2.27. The van der Waals surface area contributed by atoms with Crippen LogP contribution < -0.4 is 10.1 Å². The normalized spacial score (nSPS) is 24.9. The van der Waals surface area contributed by atoms with Gasteiger partial charge in [-0.05, 0) is 24.3 Å². The second-order valence-electron chi connectivity index (χ2n) is 5.49. The number of para-hydroxylation sites is 1. The van der Waals surface area contributed by atoms with E-state index in [1.165, 1.54) is 18.4 Å². The van der Waals surface area contributed by atoms with E-state index in [9.17, 15) is 0 Å². The van der Waals surface area contributed by atoms with Crippen LogP contribution >= 0.6 is 0 Å². The summed E-state index contributed by atoms with van der Waals surface area (Å²) in [6.45, 7) is 5.40. The van der Waals surface area contributed by atoms with E-state index in [-0.39, 0.29) is 0 Å². The molecule has 1 fully saturated rings. The quantitative estimate of drug-likeness (QED) is 0.837. The average molecular weight is 217 g/mol. The van der Waals surface area contributed by atoms with Crippen LogP contribution in [0.15, 0.2) is 24.3 Å². The van der Waals surface area contributed by atoms with Gasteiger partial charge in [-0.3, -0.25) is 0 Å². The second kappa shape index (κ2) is 3.77. The van der Waals surface area contributed by atoms with E-state index in [2.05, 4.69) is 30.4 Å². The summed E-state index contributed by atoms with van der Waals surface area (Å²) in [6, 6.07) is 8.40. The number of benzene rings is 1. The van der Waals surface area contributed by atoms with Gasteiger partial charge in [0, 0.05) is 24.6 Å². The van der Waals surface area contributed by atoms with E-state index in [1.54, 1.807) is 0 Å². The molecule has 2 heteroatoms. The van der Waals surface area contributed by atoms with Crippen molar-refractivity contribution in [3.63, 3.8) is 0 Å². The lowest BCUT2D eigenvalue weighted by atomic mass is 10.0. The molecule has 2 aliphatic rings. The molecule has 3 rings (SSSR count). The van der Waals surface area contributed by atoms with Crippen LogP contribution in [0, 0.1) is 5.41 Å². The van der Waals surface area contributed by atoms with E-state index in [1.807, 2.05) is 6.07 Å². The zero-order chi connectivity index (χ0) is 11.0. The smallest absolute Gasteiger partial charge is 0.122 e. The molecule has 0 spiro atoms. The van der Waals surface area contributed by atoms with Crippen LogP contribution in [0.4, 0.5) is 0 Å². The summed E-state index contributed by atoms with van der Waals surface area (Å²) >= 11 is 0. The Kier molecular flexibility index (Phi) is 2.40. The van der Waals surface area contributed by atoms with Crippen LogP contribution in [-0.4, -0.2) is 19.7 Å². The molecule has 1 aliphatic heterocycles. The lowest BCUT2D eigenvalue weighted by molar-refractivity contribution is 0.323. The summed E-state index contributed by atoms with van der Waals surface area (Å²) in [7, 11) is 0. The minimum atomic E-state index is 0.540. The topological polar surface area (TPSA) is 21.3 Å². The molecule has 0 aromatic heterocycles. The van der Waals surface area contributed by atoms with Crippen molar-refractivity contribution in [2.45, 2.75) is 25.7 Å². The van der Waals surface area contributed by atoms with Crippen LogP contribution in [0.3, 0.4) is 0 Å². The maximum Gasteiger partial charge on any atom is 0.122 e. The zero-order valence-corrected chi connectivity index (χ0v) is 9.83. The van der Waals surface area contributed by atoms with Crippen molar-refractivity contribution >= 4 is 0 Å². The van der Waals surface area contributed by atoms with Crippen molar-refractivity contribution in [2.75, 3.05) is 19.7 Å². The minimum absolute atomic E-state index is 0.540. The summed E-state index contributed by atoms with van der Waals surface area (Å²) in [5.41, 5.74) is 1.97. The van der Waals surface area contributed by atoms with E-state index >= 15 is 0 Å². The molecule has 16 heavy (non-hydrogen) atoms. The van der Waals surface area contributed by atoms with Crippen LogP contribution in [0.1, 0.15) is 31.2 Å². The first-order valence-corrected chi connectivity index (χ1v) is 6.19. The number of nitrogens with one attached hydrogen (secondary N) is 1. The van der Waals surface area contributed by atoms with E-state index < -0.39 is 0 Å². The van der Waals surface area contributed by atoms with Gasteiger partial charge in [0.05, 0.1) is 6.61 Å². The Balaban J connectivity index is 1.56. The number of rotatable bonds is 4. The van der Waals surface area contributed by atoms with Gasteiger partial charge in [-0.2, -0.15) is 0 Å². The monoisotopic (exact) mass is 217 g/mol.